The number of aromatic nitrogens is 3. The van der Waals surface area contributed by atoms with Crippen LogP contribution in [0.4, 0.5) is 5.69 Å². The molecule has 3 N–H and O–H groups in total. The lowest BCUT2D eigenvalue weighted by Crippen LogP contribution is -2.14. The molecule has 0 atom stereocenters. The molecule has 0 saturated carbocycles. The molecule has 0 unspecified atom stereocenters. The molecule has 0 spiro atoms. The van der Waals surface area contributed by atoms with E-state index in [1.165, 1.54) is 12.5 Å². The van der Waals surface area contributed by atoms with Gasteiger partial charge >= 0.3 is 0 Å². The van der Waals surface area contributed by atoms with Crippen LogP contribution in [0.25, 0.3) is 0 Å². The van der Waals surface area contributed by atoms with Crippen molar-refractivity contribution in [1.82, 2.24) is 15.0 Å². The lowest BCUT2D eigenvalue weighted by atomic mass is 10.2. The first-order chi connectivity index (χ1) is 9.11. The summed E-state index contributed by atoms with van der Waals surface area (Å²) >= 11 is 11.7. The molecule has 2 rings (SSSR count). The highest BCUT2D eigenvalue weighted by molar-refractivity contribution is 6.38. The second-order valence-electron chi connectivity index (χ2n) is 3.52. The van der Waals surface area contributed by atoms with Gasteiger partial charge in [0.15, 0.2) is 10.3 Å². The second kappa shape index (κ2) is 5.92. The lowest BCUT2D eigenvalue weighted by molar-refractivity contribution is 0.102. The number of rotatable bonds is 3. The maximum absolute atomic E-state index is 12.0. The van der Waals surface area contributed by atoms with E-state index in [0.717, 1.165) is 0 Å². The number of carbonyl (C=O) groups is 1. The molecule has 2 aromatic heterocycles. The number of hydrogen-bond acceptors (Lipinski definition) is 5. The summed E-state index contributed by atoms with van der Waals surface area (Å²) in [6.45, 7) is 0.247. The monoisotopic (exact) mass is 297 g/mol. The third-order valence-electron chi connectivity index (χ3n) is 2.28. The first-order valence-corrected chi connectivity index (χ1v) is 5.99. The van der Waals surface area contributed by atoms with E-state index < -0.39 is 5.91 Å². The number of halogens is 2. The van der Waals surface area contributed by atoms with Crippen LogP contribution in [-0.4, -0.2) is 20.9 Å². The molecule has 0 aliphatic heterocycles. The van der Waals surface area contributed by atoms with Gasteiger partial charge in [-0.3, -0.25) is 9.78 Å². The van der Waals surface area contributed by atoms with Gasteiger partial charge in [-0.05, 0) is 12.1 Å². The number of hydrogen-bond donors (Lipinski definition) is 2. The van der Waals surface area contributed by atoms with E-state index in [0.29, 0.717) is 11.3 Å². The average Bonchev–Trinajstić information content (AvgIpc) is 2.43. The summed E-state index contributed by atoms with van der Waals surface area (Å²) in [5.41, 5.74) is 6.63. The maximum atomic E-state index is 12.0. The van der Waals surface area contributed by atoms with Gasteiger partial charge in [-0.2, -0.15) is 0 Å². The predicted molar refractivity (Wildman–Crippen MR) is 72.1 cm³/mol. The van der Waals surface area contributed by atoms with E-state index in [4.69, 9.17) is 28.9 Å². The minimum Gasteiger partial charge on any atom is -0.325 e. The molecule has 0 radical (unpaired) electrons. The molecule has 0 bridgehead atoms. The zero-order chi connectivity index (χ0) is 13.8. The molecule has 2 heterocycles. The Balaban J connectivity index is 2.25. The molecule has 6 nitrogen and oxygen atoms in total. The van der Waals surface area contributed by atoms with Gasteiger partial charge in [0.25, 0.3) is 5.91 Å². The van der Waals surface area contributed by atoms with Crippen molar-refractivity contribution in [3.63, 3.8) is 0 Å². The van der Waals surface area contributed by atoms with Crippen molar-refractivity contribution >= 4 is 34.8 Å². The quantitative estimate of drug-likeness (QED) is 0.844. The molecule has 0 saturated heterocycles. The van der Waals surface area contributed by atoms with E-state index in [9.17, 15) is 4.79 Å². The van der Waals surface area contributed by atoms with Gasteiger partial charge < -0.3 is 11.1 Å². The van der Waals surface area contributed by atoms with Crippen molar-refractivity contribution in [2.45, 2.75) is 6.54 Å². The van der Waals surface area contributed by atoms with Crippen LogP contribution in [0.1, 0.15) is 16.1 Å². The van der Waals surface area contributed by atoms with Gasteiger partial charge in [0.1, 0.15) is 12.0 Å². The molecular formula is C11H9Cl2N5O. The summed E-state index contributed by atoms with van der Waals surface area (Å²) in [5.74, 6) is -0.393. The summed E-state index contributed by atoms with van der Waals surface area (Å²) in [5, 5.41) is 2.69. The van der Waals surface area contributed by atoms with Gasteiger partial charge in [0.2, 0.25) is 0 Å². The smallest absolute Gasteiger partial charge is 0.255 e. The number of anilines is 1. The van der Waals surface area contributed by atoms with Gasteiger partial charge in [-0.1, -0.05) is 23.2 Å². The van der Waals surface area contributed by atoms with Crippen molar-refractivity contribution in [1.29, 1.82) is 0 Å². The fourth-order valence-corrected chi connectivity index (χ4v) is 1.77. The minimum absolute atomic E-state index is 0.0708. The Kier molecular flexibility index (Phi) is 4.26. The first kappa shape index (κ1) is 13.7. The number of pyridine rings is 1. The van der Waals surface area contributed by atoms with Crippen LogP contribution in [-0.2, 0) is 6.54 Å². The molecule has 19 heavy (non-hydrogen) atoms. The van der Waals surface area contributed by atoms with E-state index in [1.54, 1.807) is 12.1 Å². The van der Waals surface area contributed by atoms with Crippen LogP contribution in [0, 0.1) is 0 Å². The largest absolute Gasteiger partial charge is 0.325 e. The number of carbonyl (C=O) groups excluding carboxylic acids is 1. The summed E-state index contributed by atoms with van der Waals surface area (Å²) in [6, 6.07) is 3.14. The van der Waals surface area contributed by atoms with E-state index in [2.05, 4.69) is 20.3 Å². The highest BCUT2D eigenvalue weighted by atomic mass is 35.5. The Morgan fingerprint density at radius 1 is 1.26 bits per heavy atom. The van der Waals surface area contributed by atoms with Crippen LogP contribution in [0.15, 0.2) is 24.7 Å². The summed E-state index contributed by atoms with van der Waals surface area (Å²) in [4.78, 5) is 23.5. The van der Waals surface area contributed by atoms with Gasteiger partial charge in [-0.15, -0.1) is 0 Å². The van der Waals surface area contributed by atoms with Gasteiger partial charge in [0.05, 0.1) is 5.69 Å². The maximum Gasteiger partial charge on any atom is 0.255 e. The predicted octanol–water partition coefficient (Wildman–Crippen LogP) is 1.89. The molecule has 8 heteroatoms. The Bertz CT molecular complexity index is 600. The molecule has 0 aromatic carbocycles. The SMILES string of the molecule is NCc1cc(C(=O)Nc2c(Cl)ncnc2Cl)ccn1. The molecule has 98 valence electrons. The Labute approximate surface area is 119 Å². The highest BCUT2D eigenvalue weighted by Gasteiger charge is 2.13. The van der Waals surface area contributed by atoms with E-state index in [1.807, 2.05) is 0 Å². The van der Waals surface area contributed by atoms with E-state index in [-0.39, 0.29) is 22.5 Å². The van der Waals surface area contributed by atoms with Gasteiger partial charge in [0, 0.05) is 18.3 Å². The normalized spacial score (nSPS) is 10.3. The first-order valence-electron chi connectivity index (χ1n) is 5.24. The fourth-order valence-electron chi connectivity index (χ4n) is 1.36. The van der Waals surface area contributed by atoms with Crippen LogP contribution in [0.3, 0.4) is 0 Å². The molecule has 0 aliphatic rings. The van der Waals surface area contributed by atoms with Crippen LogP contribution < -0.4 is 11.1 Å². The van der Waals surface area contributed by atoms with Gasteiger partial charge in [-0.25, -0.2) is 9.97 Å². The number of nitrogens with zero attached hydrogens (tertiary/aromatic N) is 3. The van der Waals surface area contributed by atoms with Crippen molar-refractivity contribution in [3.8, 4) is 0 Å². The minimum atomic E-state index is -0.393. The van der Waals surface area contributed by atoms with Crippen LogP contribution in [0.5, 0.6) is 0 Å². The number of amides is 1. The molecule has 2 aromatic rings. The highest BCUT2D eigenvalue weighted by Crippen LogP contribution is 2.26. The molecule has 0 fully saturated rings. The van der Waals surface area contributed by atoms with E-state index >= 15 is 0 Å². The van der Waals surface area contributed by atoms with Crippen molar-refractivity contribution in [2.24, 2.45) is 5.73 Å². The van der Waals surface area contributed by atoms with Crippen LogP contribution in [0.2, 0.25) is 10.3 Å². The molecule has 1 amide bonds. The topological polar surface area (TPSA) is 93.8 Å². The lowest BCUT2D eigenvalue weighted by Gasteiger charge is -2.08. The Hall–Kier alpha value is -1.76. The summed E-state index contributed by atoms with van der Waals surface area (Å²) < 4.78 is 0. The third kappa shape index (κ3) is 3.17. The van der Waals surface area contributed by atoms with Crippen molar-refractivity contribution in [2.75, 3.05) is 5.32 Å². The zero-order valence-corrected chi connectivity index (χ0v) is 11.1. The standard InChI is InChI=1S/C11H9Cl2N5O/c12-9-8(10(13)17-5-16-9)18-11(19)6-1-2-15-7(3-6)4-14/h1-3,5H,4,14H2,(H,18,19). The zero-order valence-electron chi connectivity index (χ0n) is 9.60. The fraction of sp³-hybridized carbons (Fsp3) is 0.0909. The van der Waals surface area contributed by atoms with Crippen LogP contribution >= 0.6 is 23.2 Å². The Morgan fingerprint density at radius 2 is 1.95 bits per heavy atom. The number of nitrogens with one attached hydrogen (secondary N) is 1. The average molecular weight is 298 g/mol. The summed E-state index contributed by atoms with van der Waals surface area (Å²) in [6.07, 6.45) is 2.71. The third-order valence-corrected chi connectivity index (χ3v) is 2.85. The number of nitrogens with two attached hydrogens (primary N) is 1. The molecule has 0 aliphatic carbocycles. The second-order valence-corrected chi connectivity index (χ2v) is 4.24. The Morgan fingerprint density at radius 3 is 2.58 bits per heavy atom. The van der Waals surface area contributed by atoms with Crippen molar-refractivity contribution < 1.29 is 4.79 Å². The van der Waals surface area contributed by atoms with Crippen molar-refractivity contribution in [3.05, 3.63) is 46.2 Å². The molecular weight excluding hydrogens is 289 g/mol. The summed E-state index contributed by atoms with van der Waals surface area (Å²) in [7, 11) is 0.